The van der Waals surface area contributed by atoms with Crippen LogP contribution in [0.3, 0.4) is 0 Å². The summed E-state index contributed by atoms with van der Waals surface area (Å²) in [6.45, 7) is 8.46. The first kappa shape index (κ1) is 14.3. The van der Waals surface area contributed by atoms with Crippen LogP contribution in [0, 0.1) is 0 Å². The standard InChI is InChI=1S/C16H21N3OS/c1-10(2)14-18-15(21-19-14)17-12-9-16(3,4)20-13-8-6-5-7-11(12)13/h5-8,10,12H,9H2,1-4H3,(H,17,18,19). The smallest absolute Gasteiger partial charge is 0.203 e. The summed E-state index contributed by atoms with van der Waals surface area (Å²) >= 11 is 1.43. The average Bonchev–Trinajstić information content (AvgIpc) is 2.86. The molecule has 0 fully saturated rings. The summed E-state index contributed by atoms with van der Waals surface area (Å²) < 4.78 is 10.5. The number of benzene rings is 1. The van der Waals surface area contributed by atoms with Crippen LogP contribution in [0.4, 0.5) is 5.13 Å². The van der Waals surface area contributed by atoms with Gasteiger partial charge in [-0.15, -0.1) is 0 Å². The van der Waals surface area contributed by atoms with E-state index in [1.54, 1.807) is 0 Å². The molecule has 1 aromatic carbocycles. The van der Waals surface area contributed by atoms with Gasteiger partial charge in [-0.25, -0.2) is 4.98 Å². The first-order chi connectivity index (χ1) is 9.94. The molecule has 2 heterocycles. The van der Waals surface area contributed by atoms with Gasteiger partial charge in [0.25, 0.3) is 0 Å². The SMILES string of the molecule is CC(C)c1nsc(NC2CC(C)(C)Oc3ccccc32)n1. The van der Waals surface area contributed by atoms with E-state index in [-0.39, 0.29) is 11.6 Å². The minimum atomic E-state index is -0.183. The van der Waals surface area contributed by atoms with Gasteiger partial charge in [0.2, 0.25) is 5.13 Å². The Morgan fingerprint density at radius 1 is 1.33 bits per heavy atom. The quantitative estimate of drug-likeness (QED) is 0.914. The summed E-state index contributed by atoms with van der Waals surface area (Å²) in [5.74, 6) is 2.22. The van der Waals surface area contributed by atoms with Crippen LogP contribution in [0.15, 0.2) is 24.3 Å². The summed E-state index contributed by atoms with van der Waals surface area (Å²) in [4.78, 5) is 4.58. The number of nitrogens with one attached hydrogen (secondary N) is 1. The number of aromatic nitrogens is 2. The summed E-state index contributed by atoms with van der Waals surface area (Å²) in [5, 5.41) is 4.42. The molecule has 0 aliphatic carbocycles. The zero-order valence-electron chi connectivity index (χ0n) is 12.9. The van der Waals surface area contributed by atoms with Gasteiger partial charge in [0, 0.05) is 29.4 Å². The first-order valence-electron chi connectivity index (χ1n) is 7.33. The molecule has 0 radical (unpaired) electrons. The highest BCUT2D eigenvalue weighted by Gasteiger charge is 2.33. The number of nitrogens with zero attached hydrogens (tertiary/aromatic N) is 2. The maximum absolute atomic E-state index is 6.06. The number of rotatable bonds is 3. The summed E-state index contributed by atoms with van der Waals surface area (Å²) in [5.41, 5.74) is 1.01. The van der Waals surface area contributed by atoms with Crippen molar-refractivity contribution in [3.8, 4) is 5.75 Å². The Morgan fingerprint density at radius 3 is 2.81 bits per heavy atom. The molecule has 1 aromatic heterocycles. The maximum Gasteiger partial charge on any atom is 0.203 e. The van der Waals surface area contributed by atoms with Gasteiger partial charge < -0.3 is 10.1 Å². The topological polar surface area (TPSA) is 47.0 Å². The minimum Gasteiger partial charge on any atom is -0.487 e. The van der Waals surface area contributed by atoms with Crippen molar-refractivity contribution < 1.29 is 4.74 Å². The fourth-order valence-electron chi connectivity index (χ4n) is 2.61. The molecule has 0 bridgehead atoms. The van der Waals surface area contributed by atoms with Crippen molar-refractivity contribution in [3.63, 3.8) is 0 Å². The molecular formula is C16H21N3OS. The Kier molecular flexibility index (Phi) is 3.61. The fourth-order valence-corrected chi connectivity index (χ4v) is 3.37. The van der Waals surface area contributed by atoms with Crippen molar-refractivity contribution in [1.82, 2.24) is 9.36 Å². The third-order valence-corrected chi connectivity index (χ3v) is 4.29. The second-order valence-corrected chi connectivity index (χ2v) is 7.16. The number of ether oxygens (including phenoxy) is 1. The molecular weight excluding hydrogens is 282 g/mol. The summed E-state index contributed by atoms with van der Waals surface area (Å²) in [6, 6.07) is 8.42. The molecule has 0 saturated heterocycles. The normalized spacial score (nSPS) is 20.0. The van der Waals surface area contributed by atoms with E-state index >= 15 is 0 Å². The van der Waals surface area contributed by atoms with E-state index in [0.29, 0.717) is 5.92 Å². The Balaban J connectivity index is 1.87. The second-order valence-electron chi connectivity index (χ2n) is 6.41. The van der Waals surface area contributed by atoms with Gasteiger partial charge in [-0.05, 0) is 19.9 Å². The highest BCUT2D eigenvalue weighted by molar-refractivity contribution is 7.09. The molecule has 0 spiro atoms. The van der Waals surface area contributed by atoms with E-state index in [0.717, 1.165) is 23.1 Å². The van der Waals surface area contributed by atoms with Gasteiger partial charge >= 0.3 is 0 Å². The molecule has 0 amide bonds. The number of hydrogen-bond acceptors (Lipinski definition) is 5. The minimum absolute atomic E-state index is 0.183. The molecule has 2 aromatic rings. The van der Waals surface area contributed by atoms with E-state index in [9.17, 15) is 0 Å². The highest BCUT2D eigenvalue weighted by Crippen LogP contribution is 2.41. The predicted octanol–water partition coefficient (Wildman–Crippen LogP) is 4.38. The number of para-hydroxylation sites is 1. The lowest BCUT2D eigenvalue weighted by Gasteiger charge is -2.37. The number of fused-ring (bicyclic) bond motifs is 1. The van der Waals surface area contributed by atoms with E-state index in [1.165, 1.54) is 17.1 Å². The Hall–Kier alpha value is -1.62. The fraction of sp³-hybridized carbons (Fsp3) is 0.500. The molecule has 112 valence electrons. The molecule has 1 aliphatic rings. The van der Waals surface area contributed by atoms with Crippen LogP contribution < -0.4 is 10.1 Å². The second kappa shape index (κ2) is 5.30. The highest BCUT2D eigenvalue weighted by atomic mass is 32.1. The van der Waals surface area contributed by atoms with Gasteiger partial charge in [0.05, 0.1) is 6.04 Å². The molecule has 0 saturated carbocycles. The van der Waals surface area contributed by atoms with Crippen LogP contribution in [-0.2, 0) is 0 Å². The number of anilines is 1. The van der Waals surface area contributed by atoms with Gasteiger partial charge in [0.1, 0.15) is 17.2 Å². The van der Waals surface area contributed by atoms with Crippen molar-refractivity contribution in [3.05, 3.63) is 35.7 Å². The van der Waals surface area contributed by atoms with Crippen molar-refractivity contribution >= 4 is 16.7 Å². The van der Waals surface area contributed by atoms with Crippen LogP contribution in [0.5, 0.6) is 5.75 Å². The Bertz CT molecular complexity index is 636. The summed E-state index contributed by atoms with van der Waals surface area (Å²) in [7, 11) is 0. The van der Waals surface area contributed by atoms with E-state index in [4.69, 9.17) is 4.74 Å². The molecule has 21 heavy (non-hydrogen) atoms. The van der Waals surface area contributed by atoms with Crippen LogP contribution in [0.1, 0.15) is 57.5 Å². The molecule has 1 N–H and O–H groups in total. The van der Waals surface area contributed by atoms with Crippen molar-refractivity contribution in [1.29, 1.82) is 0 Å². The predicted molar refractivity (Wildman–Crippen MR) is 86.1 cm³/mol. The molecule has 4 nitrogen and oxygen atoms in total. The third kappa shape index (κ3) is 3.02. The van der Waals surface area contributed by atoms with E-state index < -0.39 is 0 Å². The molecule has 3 rings (SSSR count). The Labute approximate surface area is 129 Å². The van der Waals surface area contributed by atoms with Crippen LogP contribution in [-0.4, -0.2) is 15.0 Å². The van der Waals surface area contributed by atoms with E-state index in [2.05, 4.69) is 54.5 Å². The summed E-state index contributed by atoms with van der Waals surface area (Å²) in [6.07, 6.45) is 0.903. The first-order valence-corrected chi connectivity index (χ1v) is 8.10. The van der Waals surface area contributed by atoms with Crippen molar-refractivity contribution in [2.75, 3.05) is 5.32 Å². The molecule has 1 aliphatic heterocycles. The van der Waals surface area contributed by atoms with Crippen molar-refractivity contribution in [2.45, 2.75) is 51.7 Å². The molecule has 1 atom stereocenters. The molecule has 1 unspecified atom stereocenters. The Morgan fingerprint density at radius 2 is 2.10 bits per heavy atom. The lowest BCUT2D eigenvalue weighted by Crippen LogP contribution is -2.37. The van der Waals surface area contributed by atoms with Crippen LogP contribution in [0.25, 0.3) is 0 Å². The van der Waals surface area contributed by atoms with Gasteiger partial charge in [-0.1, -0.05) is 32.0 Å². The lowest BCUT2D eigenvalue weighted by atomic mass is 9.90. The van der Waals surface area contributed by atoms with E-state index in [1.807, 2.05) is 12.1 Å². The monoisotopic (exact) mass is 303 g/mol. The van der Waals surface area contributed by atoms with Gasteiger partial charge in [-0.3, -0.25) is 0 Å². The average molecular weight is 303 g/mol. The lowest BCUT2D eigenvalue weighted by molar-refractivity contribution is 0.0759. The van der Waals surface area contributed by atoms with Crippen LogP contribution >= 0.6 is 11.5 Å². The maximum atomic E-state index is 6.06. The zero-order chi connectivity index (χ0) is 15.0. The number of hydrogen-bond donors (Lipinski definition) is 1. The largest absolute Gasteiger partial charge is 0.487 e. The van der Waals surface area contributed by atoms with Crippen molar-refractivity contribution in [2.24, 2.45) is 0 Å². The van der Waals surface area contributed by atoms with Gasteiger partial charge in [-0.2, -0.15) is 4.37 Å². The van der Waals surface area contributed by atoms with Crippen LogP contribution in [0.2, 0.25) is 0 Å². The zero-order valence-corrected chi connectivity index (χ0v) is 13.7. The molecule has 5 heteroatoms. The third-order valence-electron chi connectivity index (χ3n) is 3.63. The van der Waals surface area contributed by atoms with Gasteiger partial charge in [0.15, 0.2) is 0 Å².